The Bertz CT molecular complexity index is 1000. The third-order valence-corrected chi connectivity index (χ3v) is 4.67. The number of primary amides is 1. The molecule has 1 fully saturated rings. The van der Waals surface area contributed by atoms with E-state index in [0.29, 0.717) is 11.2 Å². The van der Waals surface area contributed by atoms with Crippen molar-refractivity contribution in [1.29, 1.82) is 0 Å². The van der Waals surface area contributed by atoms with Crippen LogP contribution >= 0.6 is 0 Å². The van der Waals surface area contributed by atoms with E-state index in [1.165, 1.54) is 10.7 Å². The second-order valence-electron chi connectivity index (χ2n) is 6.30. The van der Waals surface area contributed by atoms with E-state index in [9.17, 15) is 18.0 Å². The van der Waals surface area contributed by atoms with E-state index in [2.05, 4.69) is 5.10 Å². The average molecular weight is 360 g/mol. The zero-order valence-electron chi connectivity index (χ0n) is 13.6. The van der Waals surface area contributed by atoms with Crippen LogP contribution in [0.5, 0.6) is 0 Å². The van der Waals surface area contributed by atoms with Crippen molar-refractivity contribution in [1.82, 2.24) is 9.61 Å². The predicted molar refractivity (Wildman–Crippen MR) is 89.7 cm³/mol. The lowest BCUT2D eigenvalue weighted by Crippen LogP contribution is -2.24. The Morgan fingerprint density at radius 2 is 2.04 bits per heavy atom. The second kappa shape index (κ2) is 6.05. The van der Waals surface area contributed by atoms with Crippen molar-refractivity contribution in [3.8, 4) is 0 Å². The van der Waals surface area contributed by atoms with Gasteiger partial charge in [0.2, 0.25) is 0 Å². The quantitative estimate of drug-likeness (QED) is 0.781. The molecule has 0 bridgehead atoms. The van der Waals surface area contributed by atoms with E-state index in [0.717, 1.165) is 18.2 Å². The van der Waals surface area contributed by atoms with Crippen LogP contribution in [0.25, 0.3) is 5.52 Å². The molecule has 1 saturated heterocycles. The van der Waals surface area contributed by atoms with Gasteiger partial charge in [-0.25, -0.2) is 17.7 Å². The minimum atomic E-state index is -1.18. The summed E-state index contributed by atoms with van der Waals surface area (Å²) >= 11 is 0. The van der Waals surface area contributed by atoms with Gasteiger partial charge in [-0.2, -0.15) is 5.10 Å². The van der Waals surface area contributed by atoms with Crippen molar-refractivity contribution in [2.45, 2.75) is 18.6 Å². The molecule has 2 atom stereocenters. The van der Waals surface area contributed by atoms with E-state index in [-0.39, 0.29) is 24.1 Å². The first-order chi connectivity index (χ1) is 12.4. The van der Waals surface area contributed by atoms with Crippen LogP contribution in [-0.4, -0.2) is 28.2 Å². The number of hydrogen-bond donors (Lipinski definition) is 1. The van der Waals surface area contributed by atoms with E-state index >= 15 is 0 Å². The highest BCUT2D eigenvalue weighted by atomic mass is 19.1. The number of benzene rings is 1. The molecule has 8 heteroatoms. The fraction of sp³-hybridized carbons (Fsp3) is 0.222. The van der Waals surface area contributed by atoms with Gasteiger partial charge in [-0.15, -0.1) is 0 Å². The predicted octanol–water partition coefficient (Wildman–Crippen LogP) is 3.00. The lowest BCUT2D eigenvalue weighted by molar-refractivity contribution is 0.100. The summed E-state index contributed by atoms with van der Waals surface area (Å²) in [6.07, 6.45) is 1.84. The Balaban J connectivity index is 1.80. The molecule has 1 aromatic carbocycles. The molecule has 0 radical (unpaired) electrons. The zero-order valence-corrected chi connectivity index (χ0v) is 13.6. The van der Waals surface area contributed by atoms with Crippen LogP contribution in [0.15, 0.2) is 42.7 Å². The Kier molecular flexibility index (Phi) is 3.82. The van der Waals surface area contributed by atoms with Crippen LogP contribution in [0, 0.1) is 11.6 Å². The third-order valence-electron chi connectivity index (χ3n) is 4.67. The van der Waals surface area contributed by atoms with Crippen LogP contribution in [0.4, 0.5) is 18.9 Å². The Morgan fingerprint density at radius 3 is 2.81 bits per heavy atom. The van der Waals surface area contributed by atoms with Crippen molar-refractivity contribution in [2.24, 2.45) is 5.73 Å². The summed E-state index contributed by atoms with van der Waals surface area (Å²) in [5, 5.41) is 4.04. The van der Waals surface area contributed by atoms with E-state index in [4.69, 9.17) is 5.73 Å². The first-order valence-electron chi connectivity index (χ1n) is 8.07. The maximum absolute atomic E-state index is 14.2. The summed E-state index contributed by atoms with van der Waals surface area (Å²) in [6, 6.07) is 5.85. The summed E-state index contributed by atoms with van der Waals surface area (Å²) < 4.78 is 43.4. The molecule has 0 saturated carbocycles. The smallest absolute Gasteiger partial charge is 0.252 e. The van der Waals surface area contributed by atoms with Crippen molar-refractivity contribution in [2.75, 3.05) is 11.4 Å². The van der Waals surface area contributed by atoms with Gasteiger partial charge in [0.15, 0.2) is 0 Å². The number of carbonyl (C=O) groups excluding carboxylic acids is 1. The van der Waals surface area contributed by atoms with Gasteiger partial charge >= 0.3 is 0 Å². The molecule has 1 amide bonds. The van der Waals surface area contributed by atoms with Crippen LogP contribution < -0.4 is 10.6 Å². The fourth-order valence-corrected chi connectivity index (χ4v) is 3.47. The van der Waals surface area contributed by atoms with E-state index < -0.39 is 29.8 Å². The molecule has 2 aromatic heterocycles. The number of amides is 1. The monoisotopic (exact) mass is 360 g/mol. The van der Waals surface area contributed by atoms with Crippen LogP contribution in [0.2, 0.25) is 0 Å². The molecule has 1 aliphatic rings. The second-order valence-corrected chi connectivity index (χ2v) is 6.30. The number of nitrogens with zero attached hydrogens (tertiary/aromatic N) is 3. The first kappa shape index (κ1) is 16.4. The standard InChI is InChI=1S/C18H15F3N4O/c19-10-1-2-15(21)13(5-10)16-6-11(20)9-24(16)12-3-4-25-17(7-12)14(8-23-25)18(22)26/h1-5,7-8,11,16H,6,9H2,(H2,22,26)/t11-,16+/m0/s1. The van der Waals surface area contributed by atoms with Gasteiger partial charge < -0.3 is 10.6 Å². The number of rotatable bonds is 3. The number of pyridine rings is 1. The number of hydrogen-bond acceptors (Lipinski definition) is 3. The van der Waals surface area contributed by atoms with Gasteiger partial charge in [-0.3, -0.25) is 4.79 Å². The molecule has 1 aliphatic heterocycles. The first-order valence-corrected chi connectivity index (χ1v) is 8.07. The Hall–Kier alpha value is -3.03. The summed E-state index contributed by atoms with van der Waals surface area (Å²) in [6.45, 7) is 0.0385. The Morgan fingerprint density at radius 1 is 1.23 bits per heavy atom. The molecule has 5 nitrogen and oxygen atoms in total. The topological polar surface area (TPSA) is 63.6 Å². The number of alkyl halides is 1. The molecule has 0 unspecified atom stereocenters. The highest BCUT2D eigenvalue weighted by molar-refractivity contribution is 5.99. The molecule has 26 heavy (non-hydrogen) atoms. The Labute approximate surface area is 146 Å². The maximum Gasteiger partial charge on any atom is 0.252 e. The fourth-order valence-electron chi connectivity index (χ4n) is 3.47. The number of fused-ring (bicyclic) bond motifs is 1. The number of nitrogens with two attached hydrogens (primary N) is 1. The molecule has 0 aliphatic carbocycles. The number of aromatic nitrogens is 2. The summed E-state index contributed by atoms with van der Waals surface area (Å²) in [5.74, 6) is -1.79. The molecule has 4 rings (SSSR count). The van der Waals surface area contributed by atoms with Crippen molar-refractivity contribution in [3.63, 3.8) is 0 Å². The lowest BCUT2D eigenvalue weighted by Gasteiger charge is -2.27. The molecule has 134 valence electrons. The highest BCUT2D eigenvalue weighted by Gasteiger charge is 2.35. The normalized spacial score (nSPS) is 20.0. The van der Waals surface area contributed by atoms with Gasteiger partial charge in [0.1, 0.15) is 17.8 Å². The van der Waals surface area contributed by atoms with Gasteiger partial charge in [-0.1, -0.05) is 0 Å². The summed E-state index contributed by atoms with van der Waals surface area (Å²) in [4.78, 5) is 13.2. The number of halogens is 3. The van der Waals surface area contributed by atoms with E-state index in [1.807, 2.05) is 0 Å². The van der Waals surface area contributed by atoms with Crippen LogP contribution in [0.3, 0.4) is 0 Å². The van der Waals surface area contributed by atoms with Gasteiger partial charge in [0, 0.05) is 30.4 Å². The van der Waals surface area contributed by atoms with E-state index in [1.54, 1.807) is 23.2 Å². The minimum Gasteiger partial charge on any atom is -0.365 e. The summed E-state index contributed by atoms with van der Waals surface area (Å²) in [7, 11) is 0. The average Bonchev–Trinajstić information content (AvgIpc) is 3.19. The number of carbonyl (C=O) groups is 1. The molecular weight excluding hydrogens is 345 g/mol. The molecule has 3 aromatic rings. The zero-order chi connectivity index (χ0) is 18.4. The largest absolute Gasteiger partial charge is 0.365 e. The van der Waals surface area contributed by atoms with Crippen molar-refractivity contribution in [3.05, 3.63) is 65.5 Å². The maximum atomic E-state index is 14.2. The van der Waals surface area contributed by atoms with Crippen molar-refractivity contribution < 1.29 is 18.0 Å². The number of anilines is 1. The highest BCUT2D eigenvalue weighted by Crippen LogP contribution is 2.39. The SMILES string of the molecule is NC(=O)c1cnn2ccc(N3C[C@@H](F)C[C@@H]3c3cc(F)ccc3F)cc12. The lowest BCUT2D eigenvalue weighted by atomic mass is 10.0. The third kappa shape index (κ3) is 2.67. The van der Waals surface area contributed by atoms with Crippen LogP contribution in [0.1, 0.15) is 28.4 Å². The minimum absolute atomic E-state index is 0.0385. The molecular formula is C18H15F3N4O. The summed E-state index contributed by atoms with van der Waals surface area (Å²) in [5.41, 5.74) is 6.73. The van der Waals surface area contributed by atoms with Gasteiger partial charge in [-0.05, 0) is 30.3 Å². The van der Waals surface area contributed by atoms with Crippen LogP contribution in [-0.2, 0) is 0 Å². The van der Waals surface area contributed by atoms with Gasteiger partial charge in [0.05, 0.1) is 23.3 Å². The molecule has 0 spiro atoms. The van der Waals surface area contributed by atoms with Gasteiger partial charge in [0.25, 0.3) is 5.91 Å². The molecule has 3 heterocycles. The van der Waals surface area contributed by atoms with Crippen molar-refractivity contribution >= 4 is 17.1 Å². The molecule has 2 N–H and O–H groups in total.